The molecule has 0 saturated heterocycles. The Bertz CT molecular complexity index is 1030. The highest BCUT2D eigenvalue weighted by molar-refractivity contribution is 6.79. The summed E-state index contributed by atoms with van der Waals surface area (Å²) >= 11 is 0. The van der Waals surface area contributed by atoms with Gasteiger partial charge in [-0.25, -0.2) is 8.78 Å². The fraction of sp³-hybridized carbons (Fsp3) is 0.882. The number of halogens is 6. The second kappa shape index (κ2) is 37.4. The second-order valence-corrected chi connectivity index (χ2v) is 18.7. The maximum Gasteiger partial charge on any atom is 0.422 e. The SMILES string of the molecule is CCCCC(CC)CC[NH+](CCC)c1cc(F)c(F)c(C(F)(F)F)c1F.CCCCCCCC[B-](CCCCCCCC)(CCCCCCCC)CCCCCCCC. The number of quaternary nitrogens is 1. The third kappa shape index (κ3) is 27.5. The highest BCUT2D eigenvalue weighted by Crippen LogP contribution is 2.37. The van der Waals surface area contributed by atoms with Crippen molar-refractivity contribution in [3.05, 3.63) is 29.1 Å². The van der Waals surface area contributed by atoms with Crippen molar-refractivity contribution < 1.29 is 31.2 Å². The molecule has 0 radical (unpaired) electrons. The summed E-state index contributed by atoms with van der Waals surface area (Å²) in [4.78, 5) is 0.421. The van der Waals surface area contributed by atoms with Crippen LogP contribution >= 0.6 is 0 Å². The van der Waals surface area contributed by atoms with Gasteiger partial charge >= 0.3 is 6.18 Å². The molecule has 1 N–H and O–H groups in total. The van der Waals surface area contributed by atoms with Gasteiger partial charge in [0.2, 0.25) is 0 Å². The molecule has 59 heavy (non-hydrogen) atoms. The highest BCUT2D eigenvalue weighted by Gasteiger charge is 2.42. The minimum atomic E-state index is -5.28. The Hall–Kier alpha value is -1.18. The smallest absolute Gasteiger partial charge is 0.300 e. The predicted molar refractivity (Wildman–Crippen MR) is 248 cm³/mol. The van der Waals surface area contributed by atoms with Gasteiger partial charge in [0, 0.05) is 12.2 Å². The number of hydrogen-bond acceptors (Lipinski definition) is 0. The van der Waals surface area contributed by atoms with Crippen LogP contribution in [0.3, 0.4) is 0 Å². The second-order valence-electron chi connectivity index (χ2n) is 18.7. The normalized spacial score (nSPS) is 13.1. The molecule has 1 nitrogen and oxygen atoms in total. The van der Waals surface area contributed by atoms with Gasteiger partial charge in [-0.2, -0.15) is 42.8 Å². The van der Waals surface area contributed by atoms with E-state index in [2.05, 4.69) is 34.6 Å². The molecule has 2 atom stereocenters. The van der Waals surface area contributed by atoms with Crippen molar-refractivity contribution in [1.29, 1.82) is 0 Å². The monoisotopic (exact) mass is 848 g/mol. The molecule has 0 saturated carbocycles. The molecule has 0 aliphatic rings. The van der Waals surface area contributed by atoms with Crippen LogP contribution in [0.2, 0.25) is 25.3 Å². The lowest BCUT2D eigenvalue weighted by atomic mass is 9.17. The summed E-state index contributed by atoms with van der Waals surface area (Å²) < 4.78 is 80.6. The fourth-order valence-corrected chi connectivity index (χ4v) is 9.53. The molecule has 1 rings (SSSR count). The Kier molecular flexibility index (Phi) is 36.6. The summed E-state index contributed by atoms with van der Waals surface area (Å²) in [5.74, 6) is -5.16. The van der Waals surface area contributed by atoms with Gasteiger partial charge in [0.1, 0.15) is 5.56 Å². The van der Waals surface area contributed by atoms with Gasteiger partial charge < -0.3 is 0 Å². The zero-order valence-electron chi connectivity index (χ0n) is 40.0. The van der Waals surface area contributed by atoms with E-state index in [0.29, 0.717) is 42.8 Å². The summed E-state index contributed by atoms with van der Waals surface area (Å²) in [6, 6.07) is 0.567. The lowest BCUT2D eigenvalue weighted by Crippen LogP contribution is -3.07. The predicted octanol–water partition coefficient (Wildman–Crippen LogP) is 18.5. The van der Waals surface area contributed by atoms with Crippen LogP contribution in [0.1, 0.15) is 247 Å². The Labute approximate surface area is 362 Å². The van der Waals surface area contributed by atoms with Crippen molar-refractivity contribution in [3.8, 4) is 0 Å². The Morgan fingerprint density at radius 1 is 0.458 bits per heavy atom. The van der Waals surface area contributed by atoms with Crippen molar-refractivity contribution in [2.45, 2.75) is 273 Å². The maximum atomic E-state index is 14.4. The molecule has 0 aliphatic heterocycles. The van der Waals surface area contributed by atoms with E-state index in [1.54, 1.807) is 25.3 Å². The van der Waals surface area contributed by atoms with E-state index in [4.69, 9.17) is 0 Å². The van der Waals surface area contributed by atoms with Crippen LogP contribution in [0.5, 0.6) is 0 Å². The molecule has 8 heteroatoms. The first-order chi connectivity index (χ1) is 28.4. The average molecular weight is 848 g/mol. The minimum absolute atomic E-state index is 0.104. The summed E-state index contributed by atoms with van der Waals surface area (Å²) in [5.41, 5.74) is -2.58. The van der Waals surface area contributed by atoms with E-state index in [1.807, 2.05) is 13.8 Å². The van der Waals surface area contributed by atoms with Crippen LogP contribution in [-0.2, 0) is 6.18 Å². The van der Waals surface area contributed by atoms with Gasteiger partial charge in [-0.05, 0) is 18.8 Å². The lowest BCUT2D eigenvalue weighted by Gasteiger charge is -2.41. The minimum Gasteiger partial charge on any atom is -0.300 e. The molecule has 1 aromatic rings. The zero-order chi connectivity index (χ0) is 44.2. The number of nitrogens with one attached hydrogen (secondary N) is 1. The Morgan fingerprint density at radius 2 is 0.831 bits per heavy atom. The molecule has 0 aliphatic carbocycles. The molecule has 0 bridgehead atoms. The summed E-state index contributed by atoms with van der Waals surface area (Å²) in [7, 11) is 0. The van der Waals surface area contributed by atoms with Crippen LogP contribution in [0.4, 0.5) is 32.0 Å². The Balaban J connectivity index is 0.00000117. The van der Waals surface area contributed by atoms with Crippen LogP contribution in [0.15, 0.2) is 6.07 Å². The van der Waals surface area contributed by atoms with E-state index < -0.39 is 34.9 Å². The third-order valence-corrected chi connectivity index (χ3v) is 13.5. The molecule has 350 valence electrons. The molecule has 2 unspecified atom stereocenters. The van der Waals surface area contributed by atoms with Gasteiger partial charge in [0.05, 0.1) is 13.1 Å². The van der Waals surface area contributed by atoms with Crippen LogP contribution in [-0.4, -0.2) is 19.2 Å². The van der Waals surface area contributed by atoms with E-state index in [-0.39, 0.29) is 6.15 Å². The largest absolute Gasteiger partial charge is 0.422 e. The standard InChI is InChI=1S/C32H68B.C19H27F6N/c1-5-9-13-17-21-25-29-33(30-26-22-18-14-10-6-2,31-27-23-19-15-11-7-3)32-28-24-20-16-12-8-4;1-4-7-8-13(6-3)9-11-26(10-5-2)15-12-14(20)17(21)16(18(15)22)19(23,24)25/h5-32H2,1-4H3;12-13H,4-11H2,1-3H3/q-1;/p+1. The van der Waals surface area contributed by atoms with Gasteiger partial charge in [0.15, 0.2) is 23.1 Å². The number of unbranched alkanes of at least 4 members (excludes halogenated alkanes) is 21. The van der Waals surface area contributed by atoms with E-state index >= 15 is 0 Å². The topological polar surface area (TPSA) is 4.44 Å². The van der Waals surface area contributed by atoms with E-state index in [1.165, 1.54) is 154 Å². The third-order valence-electron chi connectivity index (χ3n) is 13.5. The van der Waals surface area contributed by atoms with Crippen LogP contribution < -0.4 is 4.90 Å². The molecule has 0 fully saturated rings. The van der Waals surface area contributed by atoms with Crippen LogP contribution in [0.25, 0.3) is 0 Å². The van der Waals surface area contributed by atoms with Crippen molar-refractivity contribution in [3.63, 3.8) is 0 Å². The zero-order valence-corrected chi connectivity index (χ0v) is 40.0. The van der Waals surface area contributed by atoms with Crippen molar-refractivity contribution in [2.24, 2.45) is 5.92 Å². The first kappa shape index (κ1) is 57.8. The molecular formula is C51H96BF6N. The molecule has 0 spiro atoms. The van der Waals surface area contributed by atoms with Gasteiger partial charge in [0.25, 0.3) is 0 Å². The summed E-state index contributed by atoms with van der Waals surface area (Å²) in [6.07, 6.45) is 41.7. The van der Waals surface area contributed by atoms with Gasteiger partial charge in [-0.1, -0.05) is 228 Å². The first-order valence-corrected chi connectivity index (χ1v) is 25.7. The molecule has 0 heterocycles. The van der Waals surface area contributed by atoms with Crippen molar-refractivity contribution in [2.75, 3.05) is 13.1 Å². The first-order valence-electron chi connectivity index (χ1n) is 25.7. The molecular weight excluding hydrogens is 751 g/mol. The quantitative estimate of drug-likeness (QED) is 0.0293. The van der Waals surface area contributed by atoms with Gasteiger partial charge in [-0.15, -0.1) is 0 Å². The fourth-order valence-electron chi connectivity index (χ4n) is 9.53. The molecule has 1 aromatic carbocycles. The summed E-state index contributed by atoms with van der Waals surface area (Å²) in [5, 5.41) is 0. The number of benzene rings is 1. The lowest BCUT2D eigenvalue weighted by molar-refractivity contribution is -0.834. The molecule has 0 aromatic heterocycles. The maximum absolute atomic E-state index is 14.4. The summed E-state index contributed by atoms with van der Waals surface area (Å²) in [6.45, 7) is 16.0. The van der Waals surface area contributed by atoms with Crippen LogP contribution in [0, 0.1) is 23.4 Å². The number of hydrogen-bond donors (Lipinski definition) is 1. The molecule has 0 amide bonds. The average Bonchev–Trinajstić information content (AvgIpc) is 3.21. The van der Waals surface area contributed by atoms with Crippen molar-refractivity contribution >= 4 is 11.8 Å². The highest BCUT2D eigenvalue weighted by atomic mass is 19.4. The van der Waals surface area contributed by atoms with Gasteiger partial charge in [-0.3, -0.25) is 4.90 Å². The Morgan fingerprint density at radius 3 is 1.17 bits per heavy atom. The van der Waals surface area contributed by atoms with Crippen molar-refractivity contribution in [1.82, 2.24) is 0 Å². The van der Waals surface area contributed by atoms with E-state index in [9.17, 15) is 26.3 Å². The van der Waals surface area contributed by atoms with E-state index in [0.717, 1.165) is 25.7 Å². The number of rotatable bonds is 38. The number of alkyl halides is 3.